The summed E-state index contributed by atoms with van der Waals surface area (Å²) in [7, 11) is -3.81. The maximum atomic E-state index is 12.7. The molecule has 11 heteroatoms. The summed E-state index contributed by atoms with van der Waals surface area (Å²) >= 11 is 2.46. The summed E-state index contributed by atoms with van der Waals surface area (Å²) in [6, 6.07) is 7.00. The molecule has 0 unspecified atom stereocenters. The number of amides is 1. The number of hydrogen-bond acceptors (Lipinski definition) is 7. The number of sulfonamides is 1. The molecule has 0 fully saturated rings. The quantitative estimate of drug-likeness (QED) is 0.500. The van der Waals surface area contributed by atoms with Crippen molar-refractivity contribution in [2.45, 2.75) is 18.1 Å². The second-order valence-electron chi connectivity index (χ2n) is 5.97. The van der Waals surface area contributed by atoms with Gasteiger partial charge in [-0.3, -0.25) is 13.9 Å². The lowest BCUT2D eigenvalue weighted by Gasteiger charge is -2.07. The zero-order chi connectivity index (χ0) is 19.9. The van der Waals surface area contributed by atoms with Crippen LogP contribution in [0.3, 0.4) is 0 Å². The molecule has 3 aromatic heterocycles. The van der Waals surface area contributed by atoms with Gasteiger partial charge in [0.25, 0.3) is 10.0 Å². The van der Waals surface area contributed by atoms with E-state index in [1.807, 2.05) is 34.3 Å². The average Bonchev–Trinajstić information content (AvgIpc) is 3.29. The average molecular weight is 434 g/mol. The van der Waals surface area contributed by atoms with E-state index in [1.54, 1.807) is 30.4 Å². The Balaban J connectivity index is 1.55. The van der Waals surface area contributed by atoms with Gasteiger partial charge in [-0.25, -0.2) is 18.4 Å². The van der Waals surface area contributed by atoms with Crippen molar-refractivity contribution in [3.05, 3.63) is 47.7 Å². The minimum Gasteiger partial charge on any atom is -0.302 e. The molecular weight excluding hydrogens is 418 g/mol. The molecule has 0 spiro atoms. The van der Waals surface area contributed by atoms with Crippen molar-refractivity contribution >= 4 is 54.4 Å². The maximum absolute atomic E-state index is 12.7. The molecule has 0 aliphatic carbocycles. The van der Waals surface area contributed by atoms with Crippen molar-refractivity contribution in [3.8, 4) is 11.3 Å². The third kappa shape index (κ3) is 3.63. The van der Waals surface area contributed by atoms with Crippen LogP contribution in [-0.2, 0) is 14.8 Å². The van der Waals surface area contributed by atoms with Crippen LogP contribution < -0.4 is 10.0 Å². The molecule has 1 aromatic carbocycles. The number of carbonyl (C=O) groups is 1. The van der Waals surface area contributed by atoms with Crippen LogP contribution in [-0.4, -0.2) is 28.7 Å². The number of thiazole rings is 2. The largest absolute Gasteiger partial charge is 0.302 e. The van der Waals surface area contributed by atoms with Crippen LogP contribution in [0.2, 0.25) is 0 Å². The van der Waals surface area contributed by atoms with E-state index in [2.05, 4.69) is 20.0 Å². The Hall–Kier alpha value is -2.76. The maximum Gasteiger partial charge on any atom is 0.273 e. The normalized spacial score (nSPS) is 11.6. The Bertz CT molecular complexity index is 1240. The molecule has 4 rings (SSSR count). The Kier molecular flexibility index (Phi) is 4.65. The number of carbonyl (C=O) groups excluding carboxylic acids is 1. The predicted molar refractivity (Wildman–Crippen MR) is 110 cm³/mol. The van der Waals surface area contributed by atoms with Crippen LogP contribution in [0, 0.1) is 6.92 Å². The van der Waals surface area contributed by atoms with E-state index in [1.165, 1.54) is 6.92 Å². The van der Waals surface area contributed by atoms with Crippen LogP contribution >= 0.6 is 22.7 Å². The van der Waals surface area contributed by atoms with Gasteiger partial charge in [0.1, 0.15) is 0 Å². The van der Waals surface area contributed by atoms with Crippen LogP contribution in [0.4, 0.5) is 10.8 Å². The smallest absolute Gasteiger partial charge is 0.273 e. The fraction of sp³-hybridized carbons (Fsp3) is 0.118. The number of aromatic nitrogens is 3. The van der Waals surface area contributed by atoms with Crippen LogP contribution in [0.25, 0.3) is 16.2 Å². The summed E-state index contributed by atoms with van der Waals surface area (Å²) in [6.45, 7) is 2.93. The molecule has 0 radical (unpaired) electrons. The third-order valence-corrected chi connectivity index (χ3v) is 7.64. The summed E-state index contributed by atoms with van der Waals surface area (Å²) in [5, 5.41) is 4.72. The van der Waals surface area contributed by atoms with E-state index >= 15 is 0 Å². The standard InChI is InChI=1S/C17H15N5O3S3/c1-10-15(27-16(18-10)19-11(2)23)28(24,25)21-13-5-3-12(4-6-13)14-9-22-7-8-26-17(22)20-14/h3-9,21H,1-2H3,(H,18,19,23). The van der Waals surface area contributed by atoms with Gasteiger partial charge in [-0.1, -0.05) is 23.5 Å². The number of benzene rings is 1. The lowest BCUT2D eigenvalue weighted by atomic mass is 10.1. The molecular formula is C17H15N5O3S3. The highest BCUT2D eigenvalue weighted by atomic mass is 32.2. The predicted octanol–water partition coefficient (Wildman–Crippen LogP) is 3.59. The number of anilines is 2. The zero-order valence-electron chi connectivity index (χ0n) is 14.8. The van der Waals surface area contributed by atoms with Gasteiger partial charge in [-0.05, 0) is 19.1 Å². The van der Waals surface area contributed by atoms with E-state index in [4.69, 9.17) is 0 Å². The van der Waals surface area contributed by atoms with E-state index in [0.717, 1.165) is 27.6 Å². The first-order valence-electron chi connectivity index (χ1n) is 8.12. The Morgan fingerprint density at radius 1 is 1.18 bits per heavy atom. The topological polar surface area (TPSA) is 105 Å². The molecule has 144 valence electrons. The summed E-state index contributed by atoms with van der Waals surface area (Å²) in [5.41, 5.74) is 2.47. The van der Waals surface area contributed by atoms with Gasteiger partial charge in [0.2, 0.25) is 5.91 Å². The van der Waals surface area contributed by atoms with E-state index in [9.17, 15) is 13.2 Å². The SMILES string of the molecule is CC(=O)Nc1nc(C)c(S(=O)(=O)Nc2ccc(-c3cn4ccsc4n3)cc2)s1. The van der Waals surface area contributed by atoms with Gasteiger partial charge < -0.3 is 5.32 Å². The minimum absolute atomic E-state index is 0.0645. The lowest BCUT2D eigenvalue weighted by Crippen LogP contribution is -2.12. The lowest BCUT2D eigenvalue weighted by molar-refractivity contribution is -0.114. The van der Waals surface area contributed by atoms with E-state index in [0.29, 0.717) is 11.4 Å². The summed E-state index contributed by atoms with van der Waals surface area (Å²) in [5.74, 6) is -0.305. The molecule has 0 atom stereocenters. The van der Waals surface area contributed by atoms with Crippen LogP contribution in [0.15, 0.2) is 46.2 Å². The fourth-order valence-corrected chi connectivity index (χ4v) is 5.83. The molecule has 0 bridgehead atoms. The van der Waals surface area contributed by atoms with E-state index in [-0.39, 0.29) is 15.2 Å². The number of fused-ring (bicyclic) bond motifs is 1. The summed E-state index contributed by atoms with van der Waals surface area (Å²) in [6.07, 6.45) is 3.86. The number of aryl methyl sites for hydroxylation is 1. The third-order valence-electron chi connectivity index (χ3n) is 3.81. The Morgan fingerprint density at radius 3 is 2.61 bits per heavy atom. The molecule has 0 aliphatic heterocycles. The highest BCUT2D eigenvalue weighted by molar-refractivity contribution is 7.94. The molecule has 3 heterocycles. The Morgan fingerprint density at radius 2 is 1.93 bits per heavy atom. The van der Waals surface area contributed by atoms with Gasteiger partial charge in [0.05, 0.1) is 11.4 Å². The van der Waals surface area contributed by atoms with Gasteiger partial charge in [-0.2, -0.15) is 0 Å². The van der Waals surface area contributed by atoms with Crippen molar-refractivity contribution in [3.63, 3.8) is 0 Å². The summed E-state index contributed by atoms with van der Waals surface area (Å²) < 4.78 is 29.9. The highest BCUT2D eigenvalue weighted by Crippen LogP contribution is 2.29. The van der Waals surface area contributed by atoms with Crippen molar-refractivity contribution in [1.82, 2.24) is 14.4 Å². The number of nitrogens with zero attached hydrogens (tertiary/aromatic N) is 3. The first-order valence-corrected chi connectivity index (χ1v) is 11.3. The second-order valence-corrected chi connectivity index (χ2v) is 9.72. The van der Waals surface area contributed by atoms with Crippen molar-refractivity contribution in [1.29, 1.82) is 0 Å². The Labute approximate surface area is 169 Å². The first-order chi connectivity index (χ1) is 13.3. The molecule has 2 N–H and O–H groups in total. The fourth-order valence-electron chi connectivity index (χ4n) is 2.61. The zero-order valence-corrected chi connectivity index (χ0v) is 17.3. The van der Waals surface area contributed by atoms with Crippen LogP contribution in [0.1, 0.15) is 12.6 Å². The molecule has 1 amide bonds. The van der Waals surface area contributed by atoms with Gasteiger partial charge in [0, 0.05) is 35.9 Å². The van der Waals surface area contributed by atoms with Crippen LogP contribution in [0.5, 0.6) is 0 Å². The van der Waals surface area contributed by atoms with Gasteiger partial charge in [0.15, 0.2) is 14.3 Å². The number of nitrogens with one attached hydrogen (secondary N) is 2. The molecule has 28 heavy (non-hydrogen) atoms. The summed E-state index contributed by atoms with van der Waals surface area (Å²) in [4.78, 5) is 20.7. The molecule has 8 nitrogen and oxygen atoms in total. The molecule has 0 saturated carbocycles. The first kappa shape index (κ1) is 18.6. The number of hydrogen-bond donors (Lipinski definition) is 2. The number of rotatable bonds is 5. The van der Waals surface area contributed by atoms with Crippen molar-refractivity contribution in [2.24, 2.45) is 0 Å². The van der Waals surface area contributed by atoms with E-state index < -0.39 is 10.0 Å². The van der Waals surface area contributed by atoms with Crippen molar-refractivity contribution in [2.75, 3.05) is 10.0 Å². The monoisotopic (exact) mass is 433 g/mol. The molecule has 4 aromatic rings. The van der Waals surface area contributed by atoms with Gasteiger partial charge >= 0.3 is 0 Å². The number of imidazole rings is 1. The molecule has 0 saturated heterocycles. The van der Waals surface area contributed by atoms with Crippen molar-refractivity contribution < 1.29 is 13.2 Å². The second kappa shape index (κ2) is 7.00. The minimum atomic E-state index is -3.81. The van der Waals surface area contributed by atoms with Gasteiger partial charge in [-0.15, -0.1) is 11.3 Å². The highest BCUT2D eigenvalue weighted by Gasteiger charge is 2.22. The molecule has 0 aliphatic rings.